The maximum absolute atomic E-state index is 14.1. The monoisotopic (exact) mass is 698 g/mol. The lowest BCUT2D eigenvalue weighted by Gasteiger charge is -2.29. The van der Waals surface area contributed by atoms with E-state index in [4.69, 9.17) is 4.74 Å². The first-order valence-electron chi connectivity index (χ1n) is 17.6. The fourth-order valence-corrected chi connectivity index (χ4v) is 5.82. The Kier molecular flexibility index (Phi) is 15.0. The standard InChI is InChI=1S/C39H50N6O6/c1-4-5-18-41-36(47)22-35(46)32(19-26(2)3)43-38(49)34(21-30-23-40-25-42-30)44-37(48)33(45-39(50)51-24-27-12-7-6-8-13-27)20-29-16-11-15-28-14-9-10-17-31(28)29/h6-17,23,25-26,32-35,46H,4-5,18-22,24H2,1-3H3,(H,40,42)(H,41,47)(H,43,49)(H,44,48)(H,45,50)/t32-,33-,34-,35-/m0/s1. The van der Waals surface area contributed by atoms with Crippen LogP contribution in [0.1, 0.15) is 63.3 Å². The Labute approximate surface area is 299 Å². The lowest BCUT2D eigenvalue weighted by atomic mass is 9.96. The molecule has 12 heteroatoms. The van der Waals surface area contributed by atoms with Crippen LogP contribution in [0.15, 0.2) is 85.3 Å². The predicted molar refractivity (Wildman–Crippen MR) is 195 cm³/mol. The van der Waals surface area contributed by atoms with Crippen molar-refractivity contribution in [1.29, 1.82) is 0 Å². The molecule has 12 nitrogen and oxygen atoms in total. The number of aliphatic hydroxyl groups is 1. The number of benzene rings is 3. The molecule has 4 aromatic rings. The van der Waals surface area contributed by atoms with Crippen LogP contribution in [0.5, 0.6) is 0 Å². The van der Waals surface area contributed by atoms with E-state index in [9.17, 15) is 24.3 Å². The zero-order valence-corrected chi connectivity index (χ0v) is 29.6. The van der Waals surface area contributed by atoms with Crippen molar-refractivity contribution in [1.82, 2.24) is 31.2 Å². The summed E-state index contributed by atoms with van der Waals surface area (Å²) in [7, 11) is 0. The van der Waals surface area contributed by atoms with Gasteiger partial charge >= 0.3 is 6.09 Å². The summed E-state index contributed by atoms with van der Waals surface area (Å²) >= 11 is 0. The summed E-state index contributed by atoms with van der Waals surface area (Å²) in [6.07, 6.45) is 3.23. The van der Waals surface area contributed by atoms with E-state index in [2.05, 4.69) is 31.2 Å². The molecule has 0 saturated heterocycles. The Morgan fingerprint density at radius 2 is 1.57 bits per heavy atom. The zero-order valence-electron chi connectivity index (χ0n) is 29.6. The van der Waals surface area contributed by atoms with Gasteiger partial charge in [-0.15, -0.1) is 0 Å². The first kappa shape index (κ1) is 38.6. The summed E-state index contributed by atoms with van der Waals surface area (Å²) < 4.78 is 5.47. The summed E-state index contributed by atoms with van der Waals surface area (Å²) in [5, 5.41) is 24.3. The van der Waals surface area contributed by atoms with Crippen LogP contribution >= 0.6 is 0 Å². The number of aromatic amines is 1. The number of amides is 4. The number of nitrogens with one attached hydrogen (secondary N) is 5. The molecule has 0 unspecified atom stereocenters. The number of carbonyl (C=O) groups excluding carboxylic acids is 4. The number of hydrogen-bond donors (Lipinski definition) is 6. The highest BCUT2D eigenvalue weighted by Gasteiger charge is 2.32. The molecule has 4 rings (SSSR count). The number of rotatable bonds is 19. The third-order valence-electron chi connectivity index (χ3n) is 8.50. The molecular formula is C39H50N6O6. The highest BCUT2D eigenvalue weighted by Crippen LogP contribution is 2.20. The van der Waals surface area contributed by atoms with Gasteiger partial charge < -0.3 is 36.1 Å². The Morgan fingerprint density at radius 1 is 0.863 bits per heavy atom. The lowest BCUT2D eigenvalue weighted by Crippen LogP contribution is -2.57. The number of aromatic nitrogens is 2. The summed E-state index contributed by atoms with van der Waals surface area (Å²) in [5.74, 6) is -1.37. The lowest BCUT2D eigenvalue weighted by molar-refractivity contribution is -0.131. The molecular weight excluding hydrogens is 648 g/mol. The third-order valence-corrected chi connectivity index (χ3v) is 8.50. The normalized spacial score (nSPS) is 13.5. The van der Waals surface area contributed by atoms with E-state index in [-0.39, 0.29) is 37.7 Å². The molecule has 1 heterocycles. The second-order valence-corrected chi connectivity index (χ2v) is 13.2. The smallest absolute Gasteiger partial charge is 0.408 e. The first-order chi connectivity index (χ1) is 24.6. The van der Waals surface area contributed by atoms with Gasteiger partial charge in [0.25, 0.3) is 0 Å². The number of ether oxygens (including phenoxy) is 1. The molecule has 4 amide bonds. The van der Waals surface area contributed by atoms with Crippen molar-refractivity contribution < 1.29 is 29.0 Å². The molecule has 6 N–H and O–H groups in total. The van der Waals surface area contributed by atoms with Gasteiger partial charge in [0, 0.05) is 31.3 Å². The van der Waals surface area contributed by atoms with E-state index in [1.54, 1.807) is 6.20 Å². The van der Waals surface area contributed by atoms with Crippen molar-refractivity contribution in [2.75, 3.05) is 6.54 Å². The predicted octanol–water partition coefficient (Wildman–Crippen LogP) is 4.33. The molecule has 3 aromatic carbocycles. The van der Waals surface area contributed by atoms with Crippen molar-refractivity contribution >= 4 is 34.6 Å². The van der Waals surface area contributed by atoms with Gasteiger partial charge in [-0.1, -0.05) is 100.0 Å². The molecule has 1 aromatic heterocycles. The molecule has 272 valence electrons. The van der Waals surface area contributed by atoms with Crippen LogP contribution in [0.2, 0.25) is 0 Å². The van der Waals surface area contributed by atoms with Crippen LogP contribution in [-0.2, 0) is 38.6 Å². The number of hydrogen-bond acceptors (Lipinski definition) is 7. The summed E-state index contributed by atoms with van der Waals surface area (Å²) in [4.78, 5) is 60.7. The fraction of sp³-hybridized carbons (Fsp3) is 0.410. The second-order valence-electron chi connectivity index (χ2n) is 13.2. The largest absolute Gasteiger partial charge is 0.445 e. The summed E-state index contributed by atoms with van der Waals surface area (Å²) in [6, 6.07) is 19.7. The number of aliphatic hydroxyl groups excluding tert-OH is 1. The fourth-order valence-electron chi connectivity index (χ4n) is 5.82. The van der Waals surface area contributed by atoms with Crippen LogP contribution in [0.25, 0.3) is 10.8 Å². The molecule has 0 radical (unpaired) electrons. The van der Waals surface area contributed by atoms with Crippen molar-refractivity contribution in [2.24, 2.45) is 5.92 Å². The van der Waals surface area contributed by atoms with Crippen LogP contribution in [-0.4, -0.2) is 69.7 Å². The third kappa shape index (κ3) is 12.6. The molecule has 0 bridgehead atoms. The Balaban J connectivity index is 1.55. The van der Waals surface area contributed by atoms with Crippen LogP contribution in [0.4, 0.5) is 4.79 Å². The second kappa shape index (κ2) is 19.8. The SMILES string of the molecule is CCCCNC(=O)C[C@H](O)[C@H](CC(C)C)NC(=O)[C@H](Cc1cnc[nH]1)NC(=O)[C@H](Cc1cccc2ccccc12)NC(=O)OCc1ccccc1. The maximum atomic E-state index is 14.1. The van der Waals surface area contributed by atoms with E-state index in [1.165, 1.54) is 6.33 Å². The van der Waals surface area contributed by atoms with Crippen LogP contribution < -0.4 is 21.3 Å². The Morgan fingerprint density at radius 3 is 2.29 bits per heavy atom. The minimum atomic E-state index is -1.15. The number of alkyl carbamates (subject to hydrolysis) is 1. The van der Waals surface area contributed by atoms with E-state index in [0.717, 1.165) is 34.7 Å². The van der Waals surface area contributed by atoms with E-state index < -0.39 is 42.1 Å². The molecule has 0 aliphatic carbocycles. The molecule has 0 aliphatic heterocycles. The van der Waals surface area contributed by atoms with Gasteiger partial charge in [-0.05, 0) is 40.7 Å². The van der Waals surface area contributed by atoms with Crippen molar-refractivity contribution in [3.8, 4) is 0 Å². The molecule has 0 fully saturated rings. The number of H-pyrrole nitrogens is 1. The number of carbonyl (C=O) groups is 4. The van der Waals surface area contributed by atoms with Crippen molar-refractivity contribution in [3.63, 3.8) is 0 Å². The van der Waals surface area contributed by atoms with Crippen LogP contribution in [0, 0.1) is 5.92 Å². The zero-order chi connectivity index (χ0) is 36.6. The highest BCUT2D eigenvalue weighted by molar-refractivity contribution is 5.93. The van der Waals surface area contributed by atoms with Crippen LogP contribution in [0.3, 0.4) is 0 Å². The molecule has 0 aliphatic rings. The Bertz CT molecular complexity index is 1690. The van der Waals surface area contributed by atoms with Crippen molar-refractivity contribution in [2.45, 2.75) is 90.1 Å². The van der Waals surface area contributed by atoms with E-state index >= 15 is 0 Å². The van der Waals surface area contributed by atoms with E-state index in [1.807, 2.05) is 93.6 Å². The average Bonchev–Trinajstić information content (AvgIpc) is 3.63. The highest BCUT2D eigenvalue weighted by atomic mass is 16.5. The number of imidazole rings is 1. The quantitative estimate of drug-likeness (QED) is 0.0791. The first-order valence-corrected chi connectivity index (χ1v) is 17.6. The van der Waals surface area contributed by atoms with Crippen molar-refractivity contribution in [3.05, 3.63) is 102 Å². The minimum absolute atomic E-state index is 0.0102. The number of unbranched alkanes of at least 4 members (excludes halogenated alkanes) is 1. The van der Waals surface area contributed by atoms with Gasteiger partial charge in [0.15, 0.2) is 0 Å². The minimum Gasteiger partial charge on any atom is -0.445 e. The summed E-state index contributed by atoms with van der Waals surface area (Å²) in [5.41, 5.74) is 2.20. The van der Waals surface area contributed by atoms with Gasteiger partial charge in [-0.3, -0.25) is 14.4 Å². The van der Waals surface area contributed by atoms with Gasteiger partial charge in [0.05, 0.1) is 24.9 Å². The molecule has 0 spiro atoms. The number of fused-ring (bicyclic) bond motifs is 1. The summed E-state index contributed by atoms with van der Waals surface area (Å²) in [6.45, 7) is 6.45. The van der Waals surface area contributed by atoms with Gasteiger partial charge in [0.2, 0.25) is 17.7 Å². The Hall–Kier alpha value is -5.23. The molecule has 0 saturated carbocycles. The molecule has 51 heavy (non-hydrogen) atoms. The average molecular weight is 699 g/mol. The maximum Gasteiger partial charge on any atom is 0.408 e. The number of nitrogens with zero attached hydrogens (tertiary/aromatic N) is 1. The topological polar surface area (TPSA) is 175 Å². The van der Waals surface area contributed by atoms with Gasteiger partial charge in [-0.2, -0.15) is 0 Å². The van der Waals surface area contributed by atoms with Gasteiger partial charge in [-0.25, -0.2) is 9.78 Å². The van der Waals surface area contributed by atoms with Gasteiger partial charge in [0.1, 0.15) is 18.7 Å². The van der Waals surface area contributed by atoms with E-state index in [0.29, 0.717) is 18.7 Å². The molecule has 4 atom stereocenters.